The quantitative estimate of drug-likeness (QED) is 0.664. The zero-order valence-electron chi connectivity index (χ0n) is 7.86. The summed E-state index contributed by atoms with van der Waals surface area (Å²) in [4.78, 5) is 0. The number of halogens is 3. The van der Waals surface area contributed by atoms with Crippen LogP contribution in [0.2, 0.25) is 0 Å². The van der Waals surface area contributed by atoms with Crippen molar-refractivity contribution in [3.05, 3.63) is 35.4 Å². The first-order chi connectivity index (χ1) is 7.30. The molecule has 1 aliphatic rings. The fourth-order valence-electron chi connectivity index (χ4n) is 1.58. The van der Waals surface area contributed by atoms with E-state index in [9.17, 15) is 21.6 Å². The Morgan fingerprint density at radius 3 is 2.50 bits per heavy atom. The van der Waals surface area contributed by atoms with E-state index < -0.39 is 28.2 Å². The predicted octanol–water partition coefficient (Wildman–Crippen LogP) is 2.15. The molecule has 0 aromatic heterocycles. The maximum atomic E-state index is 12.6. The average Bonchev–Trinajstić information content (AvgIpc) is 2.13. The molecule has 2 rings (SSSR count). The lowest BCUT2D eigenvalue weighted by Gasteiger charge is -2.26. The van der Waals surface area contributed by atoms with Crippen molar-refractivity contribution in [2.75, 3.05) is 0 Å². The molecule has 1 unspecified atom stereocenters. The van der Waals surface area contributed by atoms with Crippen LogP contribution in [0.15, 0.2) is 24.3 Å². The number of benzene rings is 1. The fraction of sp³-hybridized carbons (Fsp3) is 0.333. The topological polar surface area (TPSA) is 43.4 Å². The third-order valence-electron chi connectivity index (χ3n) is 2.21. The zero-order chi connectivity index (χ0) is 12.0. The molecule has 0 saturated carbocycles. The van der Waals surface area contributed by atoms with Crippen molar-refractivity contribution in [1.82, 2.24) is 0 Å². The fourth-order valence-corrected chi connectivity index (χ4v) is 2.79. The summed E-state index contributed by atoms with van der Waals surface area (Å²) in [6.45, 7) is 0. The van der Waals surface area contributed by atoms with Crippen molar-refractivity contribution in [2.24, 2.45) is 0 Å². The highest BCUT2D eigenvalue weighted by molar-refractivity contribution is 7.86. The van der Waals surface area contributed by atoms with Crippen molar-refractivity contribution in [2.45, 2.75) is 18.0 Å². The van der Waals surface area contributed by atoms with E-state index in [4.69, 9.17) is 0 Å². The highest BCUT2D eigenvalue weighted by atomic mass is 32.2. The second-order valence-corrected chi connectivity index (χ2v) is 5.02. The van der Waals surface area contributed by atoms with Crippen LogP contribution in [0.25, 0.3) is 0 Å². The second kappa shape index (κ2) is 3.46. The van der Waals surface area contributed by atoms with Gasteiger partial charge < -0.3 is 0 Å². The molecule has 0 amide bonds. The molecule has 0 N–H and O–H groups in total. The van der Waals surface area contributed by atoms with E-state index >= 15 is 0 Å². The molecule has 1 atom stereocenters. The molecule has 3 nitrogen and oxygen atoms in total. The predicted molar refractivity (Wildman–Crippen MR) is 48.9 cm³/mol. The molecule has 16 heavy (non-hydrogen) atoms. The molecule has 0 spiro atoms. The Morgan fingerprint density at radius 2 is 1.88 bits per heavy atom. The molecule has 0 bridgehead atoms. The average molecular weight is 252 g/mol. The molecular formula is C9H7F3O3S. The van der Waals surface area contributed by atoms with Gasteiger partial charge in [0.05, 0.1) is 0 Å². The summed E-state index contributed by atoms with van der Waals surface area (Å²) in [5.74, 6) is -0.518. The zero-order valence-corrected chi connectivity index (χ0v) is 8.68. The van der Waals surface area contributed by atoms with Gasteiger partial charge in [-0.05, 0) is 11.1 Å². The van der Waals surface area contributed by atoms with E-state index in [1.807, 2.05) is 0 Å². The smallest absolute Gasteiger partial charge is 0.252 e. The number of hydrogen-bond donors (Lipinski definition) is 0. The summed E-state index contributed by atoms with van der Waals surface area (Å²) < 4.78 is 64.1. The number of hydrogen-bond acceptors (Lipinski definition) is 3. The van der Waals surface area contributed by atoms with Crippen LogP contribution in [-0.2, 0) is 20.1 Å². The molecule has 1 aromatic carbocycles. The summed E-state index contributed by atoms with van der Waals surface area (Å²) >= 11 is 0. The minimum Gasteiger partial charge on any atom is -0.252 e. The minimum atomic E-state index is -4.73. The summed E-state index contributed by atoms with van der Waals surface area (Å²) in [5.41, 5.74) is 0.000833. The Balaban J connectivity index is 2.57. The van der Waals surface area contributed by atoms with Crippen LogP contribution in [0.4, 0.5) is 13.2 Å². The number of alkyl halides is 3. The van der Waals surface area contributed by atoms with E-state index in [0.29, 0.717) is 0 Å². The first kappa shape index (κ1) is 11.4. The molecule has 0 radical (unpaired) electrons. The molecule has 0 fully saturated rings. The van der Waals surface area contributed by atoms with E-state index in [2.05, 4.69) is 4.18 Å². The van der Waals surface area contributed by atoms with E-state index in [1.165, 1.54) is 24.3 Å². The number of rotatable bonds is 0. The molecule has 0 aliphatic carbocycles. The van der Waals surface area contributed by atoms with E-state index in [0.717, 1.165) is 0 Å². The van der Waals surface area contributed by atoms with Crippen LogP contribution in [0.5, 0.6) is 0 Å². The summed E-state index contributed by atoms with van der Waals surface area (Å²) in [5, 5.41) is 0. The highest BCUT2D eigenvalue weighted by Gasteiger charge is 2.48. The summed E-state index contributed by atoms with van der Waals surface area (Å²) in [6.07, 6.45) is -7.12. The standard InChI is InChI=1S/C9H7F3O3S/c10-9(11,12)8-7-4-2-1-3-6(7)5-16(13,14)15-8/h1-4,8H,5H2. The van der Waals surface area contributed by atoms with Gasteiger partial charge in [0.25, 0.3) is 10.1 Å². The van der Waals surface area contributed by atoms with Gasteiger partial charge in [-0.1, -0.05) is 24.3 Å². The van der Waals surface area contributed by atoms with Gasteiger partial charge in [0.1, 0.15) is 5.75 Å². The van der Waals surface area contributed by atoms with Crippen LogP contribution in [0, 0.1) is 0 Å². The Kier molecular flexibility index (Phi) is 2.47. The molecule has 1 heterocycles. The molecule has 7 heteroatoms. The van der Waals surface area contributed by atoms with Gasteiger partial charge in [0.15, 0.2) is 6.10 Å². The van der Waals surface area contributed by atoms with Crippen LogP contribution in [-0.4, -0.2) is 14.6 Å². The van der Waals surface area contributed by atoms with Gasteiger partial charge in [-0.3, -0.25) is 4.18 Å². The van der Waals surface area contributed by atoms with Gasteiger partial charge >= 0.3 is 6.18 Å². The van der Waals surface area contributed by atoms with Crippen LogP contribution < -0.4 is 0 Å². The largest absolute Gasteiger partial charge is 0.420 e. The molecule has 1 aromatic rings. The monoisotopic (exact) mass is 252 g/mol. The normalized spacial score (nSPS) is 23.8. The number of fused-ring (bicyclic) bond motifs is 1. The lowest BCUT2D eigenvalue weighted by molar-refractivity contribution is -0.198. The van der Waals surface area contributed by atoms with Gasteiger partial charge in [-0.2, -0.15) is 21.6 Å². The van der Waals surface area contributed by atoms with Crippen molar-refractivity contribution in [3.8, 4) is 0 Å². The van der Waals surface area contributed by atoms with Gasteiger partial charge in [-0.15, -0.1) is 0 Å². The van der Waals surface area contributed by atoms with Gasteiger partial charge in [0, 0.05) is 0 Å². The Bertz CT molecular complexity index is 507. The maximum absolute atomic E-state index is 12.6. The van der Waals surface area contributed by atoms with Crippen molar-refractivity contribution in [3.63, 3.8) is 0 Å². The second-order valence-electron chi connectivity index (χ2n) is 3.42. The highest BCUT2D eigenvalue weighted by Crippen LogP contribution is 2.42. The lowest BCUT2D eigenvalue weighted by Crippen LogP contribution is -2.31. The van der Waals surface area contributed by atoms with Crippen LogP contribution in [0.3, 0.4) is 0 Å². The minimum absolute atomic E-state index is 0.134. The Morgan fingerprint density at radius 1 is 1.25 bits per heavy atom. The first-order valence-electron chi connectivity index (χ1n) is 4.35. The van der Waals surface area contributed by atoms with Crippen molar-refractivity contribution >= 4 is 10.1 Å². The summed E-state index contributed by atoms with van der Waals surface area (Å²) in [6, 6.07) is 5.49. The first-order valence-corrected chi connectivity index (χ1v) is 5.93. The van der Waals surface area contributed by atoms with Crippen LogP contribution >= 0.6 is 0 Å². The Hall–Kier alpha value is -1.08. The third kappa shape index (κ3) is 2.05. The molecular weight excluding hydrogens is 245 g/mol. The third-order valence-corrected chi connectivity index (χ3v) is 3.36. The van der Waals surface area contributed by atoms with E-state index in [-0.39, 0.29) is 11.1 Å². The van der Waals surface area contributed by atoms with Crippen molar-refractivity contribution < 1.29 is 25.8 Å². The molecule has 0 saturated heterocycles. The van der Waals surface area contributed by atoms with E-state index in [1.54, 1.807) is 0 Å². The van der Waals surface area contributed by atoms with Gasteiger partial charge in [-0.25, -0.2) is 0 Å². The van der Waals surface area contributed by atoms with Crippen LogP contribution in [0.1, 0.15) is 17.2 Å². The van der Waals surface area contributed by atoms with Crippen molar-refractivity contribution in [1.29, 1.82) is 0 Å². The Labute approximate surface area is 90.0 Å². The molecule has 88 valence electrons. The maximum Gasteiger partial charge on any atom is 0.420 e. The SMILES string of the molecule is O=S1(=O)Cc2ccccc2C(C(F)(F)F)O1. The lowest BCUT2D eigenvalue weighted by atomic mass is 10.0. The summed E-state index contributed by atoms with van der Waals surface area (Å²) in [7, 11) is -4.15. The molecule has 1 aliphatic heterocycles. The van der Waals surface area contributed by atoms with Gasteiger partial charge in [0.2, 0.25) is 0 Å².